The molecule has 0 bridgehead atoms. The summed E-state index contributed by atoms with van der Waals surface area (Å²) in [4.78, 5) is 0. The maximum absolute atomic E-state index is 12.7. The van der Waals surface area contributed by atoms with Crippen LogP contribution in [-0.4, -0.2) is 20.3 Å². The Hall–Kier alpha value is -1.54. The third-order valence-corrected chi connectivity index (χ3v) is 4.24. The summed E-state index contributed by atoms with van der Waals surface area (Å²) in [5, 5.41) is 9.10. The van der Waals surface area contributed by atoms with E-state index in [9.17, 15) is 4.57 Å². The third-order valence-electron chi connectivity index (χ3n) is 2.14. The molecule has 0 aliphatic carbocycles. The van der Waals surface area contributed by atoms with E-state index in [1.165, 1.54) is 25.7 Å². The lowest BCUT2D eigenvalue weighted by atomic mass is 10.3. The van der Waals surface area contributed by atoms with Gasteiger partial charge in [-0.1, -0.05) is 0 Å². The van der Waals surface area contributed by atoms with Crippen LogP contribution in [0.5, 0.6) is 0 Å². The third kappa shape index (κ3) is 3.48. The lowest BCUT2D eigenvalue weighted by Crippen LogP contribution is -1.99. The van der Waals surface area contributed by atoms with E-state index in [-0.39, 0.29) is 29.9 Å². The van der Waals surface area contributed by atoms with Crippen LogP contribution in [0.2, 0.25) is 0 Å². The van der Waals surface area contributed by atoms with Gasteiger partial charge in [0.1, 0.15) is 17.6 Å². The van der Waals surface area contributed by atoms with Crippen LogP contribution in [0.15, 0.2) is 23.0 Å². The summed E-state index contributed by atoms with van der Waals surface area (Å²) in [6, 6.07) is 3.42. The molecule has 1 aromatic rings. The molecule has 1 heterocycles. The summed E-state index contributed by atoms with van der Waals surface area (Å²) in [6.45, 7) is 3.79. The predicted octanol–water partition coefficient (Wildman–Crippen LogP) is 3.36. The minimum atomic E-state index is -3.58. The molecule has 0 unspecified atom stereocenters. The maximum Gasteiger partial charge on any atom is 0.368 e. The molecule has 7 heteroatoms. The van der Waals surface area contributed by atoms with Crippen molar-refractivity contribution < 1.29 is 22.8 Å². The highest BCUT2D eigenvalue weighted by Crippen LogP contribution is 2.60. The molecule has 1 aromatic heterocycles. The molecule has 0 aliphatic rings. The summed E-state index contributed by atoms with van der Waals surface area (Å²) in [6.07, 6.45) is 2.55. The van der Waals surface area contributed by atoms with E-state index in [4.69, 9.17) is 23.5 Å². The molecule has 0 spiro atoms. The summed E-state index contributed by atoms with van der Waals surface area (Å²) in [7, 11) is -2.18. The molecule has 0 atom stereocenters. The van der Waals surface area contributed by atoms with Crippen molar-refractivity contribution in [2.45, 2.75) is 13.8 Å². The number of nitriles is 1. The van der Waals surface area contributed by atoms with Gasteiger partial charge in [-0.2, -0.15) is 5.26 Å². The Kier molecular flexibility index (Phi) is 5.84. The molecule has 0 saturated heterocycles. The second-order valence-corrected chi connectivity index (χ2v) is 5.34. The van der Waals surface area contributed by atoms with Crippen LogP contribution in [0.1, 0.15) is 25.2 Å². The summed E-state index contributed by atoms with van der Waals surface area (Å²) in [5.41, 5.74) is 0.239. The molecule has 0 amide bonds. The van der Waals surface area contributed by atoms with Gasteiger partial charge >= 0.3 is 7.60 Å². The number of ether oxygens (including phenoxy) is 1. The second kappa shape index (κ2) is 7.15. The van der Waals surface area contributed by atoms with Crippen LogP contribution in [-0.2, 0) is 18.3 Å². The zero-order valence-electron chi connectivity index (χ0n) is 11.1. The molecule has 0 aromatic carbocycles. The fraction of sp³-hybridized carbons (Fsp3) is 0.417. The number of furan rings is 1. The van der Waals surface area contributed by atoms with Gasteiger partial charge in [-0.15, -0.1) is 0 Å². The predicted molar refractivity (Wildman–Crippen MR) is 69.3 cm³/mol. The first-order valence-electron chi connectivity index (χ1n) is 5.73. The summed E-state index contributed by atoms with van der Waals surface area (Å²) >= 11 is 0. The first-order chi connectivity index (χ1) is 9.12. The Morgan fingerprint density at radius 1 is 1.47 bits per heavy atom. The van der Waals surface area contributed by atoms with Crippen LogP contribution >= 0.6 is 7.60 Å². The van der Waals surface area contributed by atoms with Crippen molar-refractivity contribution in [3.8, 4) is 6.07 Å². The fourth-order valence-corrected chi connectivity index (χ4v) is 3.15. The molecule has 104 valence electrons. The van der Waals surface area contributed by atoms with Crippen molar-refractivity contribution in [1.82, 2.24) is 0 Å². The van der Waals surface area contributed by atoms with E-state index in [1.807, 2.05) is 6.07 Å². The molecular weight excluding hydrogens is 269 g/mol. The number of rotatable bonds is 7. The topological polar surface area (TPSA) is 81.7 Å². The zero-order valence-corrected chi connectivity index (χ0v) is 12.0. The van der Waals surface area contributed by atoms with E-state index in [0.29, 0.717) is 0 Å². The summed E-state index contributed by atoms with van der Waals surface area (Å²) in [5.74, 6) is 0.134. The fourth-order valence-electron chi connectivity index (χ4n) is 1.47. The van der Waals surface area contributed by atoms with Gasteiger partial charge in [0.25, 0.3) is 0 Å². The Balaban J connectivity index is 3.31. The number of methoxy groups -OCH3 is 1. The van der Waals surface area contributed by atoms with E-state index >= 15 is 0 Å². The highest BCUT2D eigenvalue weighted by molar-refractivity contribution is 7.65. The Morgan fingerprint density at radius 2 is 2.11 bits per heavy atom. The van der Waals surface area contributed by atoms with E-state index < -0.39 is 7.60 Å². The van der Waals surface area contributed by atoms with Crippen LogP contribution in [0.4, 0.5) is 0 Å². The van der Waals surface area contributed by atoms with Crippen LogP contribution in [0.3, 0.4) is 0 Å². The minimum Gasteiger partial charge on any atom is -0.503 e. The molecule has 0 radical (unpaired) electrons. The summed E-state index contributed by atoms with van der Waals surface area (Å²) < 4.78 is 33.3. The standard InChI is InChI=1S/C12H16NO5P/c1-4-17-19(14,18-5-2)11(9-15-3)12-10(8-13)6-7-16-12/h6-7,9H,4-5H2,1-3H3/b11-9+. The SMILES string of the molecule is CCOP(=O)(OCC)/C(=C/OC)c1occc1C#N. The van der Waals surface area contributed by atoms with Crippen LogP contribution in [0, 0.1) is 11.3 Å². The van der Waals surface area contributed by atoms with Crippen molar-refractivity contribution in [3.63, 3.8) is 0 Å². The van der Waals surface area contributed by atoms with Gasteiger partial charge in [0.15, 0.2) is 5.76 Å². The highest BCUT2D eigenvalue weighted by Gasteiger charge is 2.35. The molecule has 0 saturated carbocycles. The van der Waals surface area contributed by atoms with Crippen LogP contribution in [0.25, 0.3) is 5.31 Å². The van der Waals surface area contributed by atoms with Crippen molar-refractivity contribution in [3.05, 3.63) is 29.9 Å². The second-order valence-electron chi connectivity index (χ2n) is 3.35. The first-order valence-corrected chi connectivity index (χ1v) is 7.27. The highest BCUT2D eigenvalue weighted by atomic mass is 31.2. The van der Waals surface area contributed by atoms with Gasteiger partial charge in [0.05, 0.1) is 32.2 Å². The Labute approximate surface area is 112 Å². The average molecular weight is 285 g/mol. The Morgan fingerprint density at radius 3 is 2.58 bits per heavy atom. The monoisotopic (exact) mass is 285 g/mol. The molecule has 0 N–H and O–H groups in total. The quantitative estimate of drug-likeness (QED) is 0.564. The molecule has 0 fully saturated rings. The van der Waals surface area contributed by atoms with Crippen molar-refractivity contribution in [2.75, 3.05) is 20.3 Å². The Bertz CT molecular complexity index is 518. The first kappa shape index (κ1) is 15.5. The molecule has 6 nitrogen and oxygen atoms in total. The van der Waals surface area contributed by atoms with Gasteiger partial charge in [-0.25, -0.2) is 0 Å². The van der Waals surface area contributed by atoms with E-state index in [1.54, 1.807) is 13.8 Å². The van der Waals surface area contributed by atoms with Crippen molar-refractivity contribution in [1.29, 1.82) is 5.26 Å². The number of hydrogen-bond donors (Lipinski definition) is 0. The number of hydrogen-bond acceptors (Lipinski definition) is 6. The molecular formula is C12H16NO5P. The van der Waals surface area contributed by atoms with Gasteiger partial charge in [0, 0.05) is 0 Å². The normalized spacial score (nSPS) is 12.2. The van der Waals surface area contributed by atoms with Gasteiger partial charge in [0.2, 0.25) is 0 Å². The van der Waals surface area contributed by atoms with Gasteiger partial charge in [-0.05, 0) is 19.9 Å². The van der Waals surface area contributed by atoms with E-state index in [2.05, 4.69) is 0 Å². The molecule has 19 heavy (non-hydrogen) atoms. The lowest BCUT2D eigenvalue weighted by molar-refractivity contribution is 0.229. The maximum atomic E-state index is 12.7. The average Bonchev–Trinajstić information content (AvgIpc) is 2.84. The lowest BCUT2D eigenvalue weighted by Gasteiger charge is -2.18. The smallest absolute Gasteiger partial charge is 0.368 e. The minimum absolute atomic E-state index is 0.0975. The van der Waals surface area contributed by atoms with Crippen molar-refractivity contribution >= 4 is 12.9 Å². The number of nitrogens with zero attached hydrogens (tertiary/aromatic N) is 1. The largest absolute Gasteiger partial charge is 0.503 e. The zero-order chi connectivity index (χ0) is 14.3. The van der Waals surface area contributed by atoms with Crippen LogP contribution < -0.4 is 0 Å². The van der Waals surface area contributed by atoms with Gasteiger partial charge < -0.3 is 18.2 Å². The molecule has 0 aliphatic heterocycles. The van der Waals surface area contributed by atoms with Gasteiger partial charge in [-0.3, -0.25) is 4.57 Å². The van der Waals surface area contributed by atoms with Crippen molar-refractivity contribution in [2.24, 2.45) is 0 Å². The molecule has 1 rings (SSSR count). The van der Waals surface area contributed by atoms with E-state index in [0.717, 1.165) is 0 Å².